The quantitative estimate of drug-likeness (QED) is 0.900. The van der Waals surface area contributed by atoms with Gasteiger partial charge in [-0.05, 0) is 43.8 Å². The number of rotatable bonds is 4. The molecule has 2 aromatic heterocycles. The van der Waals surface area contributed by atoms with Crippen molar-refractivity contribution < 1.29 is 4.79 Å². The smallest absolute Gasteiger partial charge is 0.321 e. The Morgan fingerprint density at radius 3 is 3.14 bits per heavy atom. The first-order chi connectivity index (χ1) is 10.7. The Kier molecular flexibility index (Phi) is 5.01. The summed E-state index contributed by atoms with van der Waals surface area (Å²) in [7, 11) is 2.16. The van der Waals surface area contributed by atoms with Crippen LogP contribution in [-0.2, 0) is 0 Å². The number of likely N-dealkylation sites (tertiary alicyclic amines) is 1. The lowest BCUT2D eigenvalue weighted by atomic mass is 9.88. The highest BCUT2D eigenvalue weighted by Crippen LogP contribution is 2.36. The van der Waals surface area contributed by atoms with Crippen LogP contribution >= 0.6 is 22.7 Å². The molecule has 0 saturated carbocycles. The number of nitrogens with one attached hydrogen (secondary N) is 2. The fourth-order valence-corrected chi connectivity index (χ4v) is 4.40. The maximum absolute atomic E-state index is 11.9. The number of carbonyl (C=O) groups excluding carboxylic acids is 1. The number of aromatic nitrogens is 2. The summed E-state index contributed by atoms with van der Waals surface area (Å²) < 4.78 is 0. The van der Waals surface area contributed by atoms with Crippen LogP contribution in [0.3, 0.4) is 0 Å². The molecule has 22 heavy (non-hydrogen) atoms. The lowest BCUT2D eigenvalue weighted by molar-refractivity contribution is 0.123. The molecule has 3 heterocycles. The van der Waals surface area contributed by atoms with Crippen molar-refractivity contribution in [3.05, 3.63) is 27.9 Å². The molecule has 0 unspecified atom stereocenters. The van der Waals surface area contributed by atoms with Gasteiger partial charge in [0.2, 0.25) is 5.13 Å². The van der Waals surface area contributed by atoms with E-state index >= 15 is 0 Å². The molecule has 0 spiro atoms. The molecule has 0 aliphatic carbocycles. The van der Waals surface area contributed by atoms with Crippen molar-refractivity contribution in [2.75, 3.05) is 25.5 Å². The largest absolute Gasteiger partial charge is 0.337 e. The van der Waals surface area contributed by atoms with Gasteiger partial charge in [-0.25, -0.2) is 4.79 Å². The molecule has 8 heteroatoms. The summed E-state index contributed by atoms with van der Waals surface area (Å²) in [5, 5.41) is 15.8. The number of amides is 2. The molecular weight excluding hydrogens is 318 g/mol. The molecule has 0 bridgehead atoms. The molecule has 0 radical (unpaired) electrons. The zero-order valence-electron chi connectivity index (χ0n) is 12.4. The minimum absolute atomic E-state index is 0.213. The molecule has 1 aliphatic rings. The van der Waals surface area contributed by atoms with Gasteiger partial charge in [0, 0.05) is 17.5 Å². The number of piperidine rings is 1. The van der Waals surface area contributed by atoms with Crippen LogP contribution in [0.1, 0.15) is 23.8 Å². The van der Waals surface area contributed by atoms with E-state index in [1.807, 2.05) is 0 Å². The van der Waals surface area contributed by atoms with Crippen LogP contribution in [0.15, 0.2) is 23.0 Å². The molecule has 2 N–H and O–H groups in total. The number of hydrogen-bond donors (Lipinski definition) is 2. The summed E-state index contributed by atoms with van der Waals surface area (Å²) in [6.45, 7) is 1.77. The van der Waals surface area contributed by atoms with Gasteiger partial charge in [0.1, 0.15) is 5.51 Å². The fraction of sp³-hybridized carbons (Fsp3) is 0.500. The summed E-state index contributed by atoms with van der Waals surface area (Å²) in [6.07, 6.45) is 2.30. The molecule has 3 rings (SSSR count). The van der Waals surface area contributed by atoms with Crippen LogP contribution in [0.25, 0.3) is 0 Å². The lowest BCUT2D eigenvalue weighted by Crippen LogP contribution is -2.42. The number of urea groups is 1. The van der Waals surface area contributed by atoms with Gasteiger partial charge in [0.05, 0.1) is 0 Å². The number of anilines is 1. The molecule has 2 amide bonds. The van der Waals surface area contributed by atoms with E-state index in [0.29, 0.717) is 23.6 Å². The molecule has 118 valence electrons. The van der Waals surface area contributed by atoms with Gasteiger partial charge in [-0.15, -0.1) is 21.5 Å². The van der Waals surface area contributed by atoms with Crippen LogP contribution in [0, 0.1) is 5.92 Å². The normalized spacial score (nSPS) is 22.4. The second-order valence-electron chi connectivity index (χ2n) is 5.42. The SMILES string of the molecule is CN1CCC[C@H](CNC(=O)Nc2nncs2)[C@@H]1c1cccs1. The maximum atomic E-state index is 11.9. The predicted octanol–water partition coefficient (Wildman–Crippen LogP) is 2.80. The van der Waals surface area contributed by atoms with E-state index < -0.39 is 0 Å². The van der Waals surface area contributed by atoms with Crippen molar-refractivity contribution in [3.8, 4) is 0 Å². The highest BCUT2D eigenvalue weighted by atomic mass is 32.1. The number of nitrogens with zero attached hydrogens (tertiary/aromatic N) is 3. The Labute approximate surface area is 137 Å². The first-order valence-electron chi connectivity index (χ1n) is 7.28. The highest BCUT2D eigenvalue weighted by molar-refractivity contribution is 7.13. The Hall–Kier alpha value is -1.51. The summed E-state index contributed by atoms with van der Waals surface area (Å²) >= 11 is 3.10. The second kappa shape index (κ2) is 7.17. The highest BCUT2D eigenvalue weighted by Gasteiger charge is 2.31. The molecule has 6 nitrogen and oxygen atoms in total. The average molecular weight is 337 g/mol. The van der Waals surface area contributed by atoms with E-state index in [1.165, 1.54) is 22.6 Å². The first-order valence-corrected chi connectivity index (χ1v) is 9.04. The van der Waals surface area contributed by atoms with E-state index in [-0.39, 0.29) is 6.03 Å². The van der Waals surface area contributed by atoms with Crippen molar-refractivity contribution >= 4 is 33.8 Å². The van der Waals surface area contributed by atoms with Crippen LogP contribution in [0.2, 0.25) is 0 Å². The molecule has 1 fully saturated rings. The molecule has 1 aliphatic heterocycles. The third-order valence-corrected chi connectivity index (χ3v) is 5.50. The summed E-state index contributed by atoms with van der Waals surface area (Å²) in [4.78, 5) is 15.7. The van der Waals surface area contributed by atoms with Gasteiger partial charge < -0.3 is 5.32 Å². The molecule has 0 aromatic carbocycles. The van der Waals surface area contributed by atoms with Crippen molar-refractivity contribution in [1.29, 1.82) is 0 Å². The predicted molar refractivity (Wildman–Crippen MR) is 89.3 cm³/mol. The average Bonchev–Trinajstić information content (AvgIpc) is 3.18. The monoisotopic (exact) mass is 337 g/mol. The second-order valence-corrected chi connectivity index (χ2v) is 7.23. The number of thiophene rings is 1. The molecule has 1 saturated heterocycles. The molecular formula is C14H19N5OS2. The lowest BCUT2D eigenvalue weighted by Gasteiger charge is -2.38. The Morgan fingerprint density at radius 2 is 2.41 bits per heavy atom. The van der Waals surface area contributed by atoms with E-state index in [9.17, 15) is 4.79 Å². The summed E-state index contributed by atoms with van der Waals surface area (Å²) in [5.74, 6) is 0.428. The zero-order valence-corrected chi connectivity index (χ0v) is 14.0. The van der Waals surface area contributed by atoms with E-state index in [0.717, 1.165) is 13.0 Å². The van der Waals surface area contributed by atoms with Crippen molar-refractivity contribution in [2.24, 2.45) is 5.92 Å². The van der Waals surface area contributed by atoms with Crippen molar-refractivity contribution in [3.63, 3.8) is 0 Å². The fourth-order valence-electron chi connectivity index (χ4n) is 2.98. The minimum atomic E-state index is -0.213. The Morgan fingerprint density at radius 1 is 1.50 bits per heavy atom. The molecule has 2 atom stereocenters. The topological polar surface area (TPSA) is 70.2 Å². The van der Waals surface area contributed by atoms with Gasteiger partial charge in [0.25, 0.3) is 0 Å². The van der Waals surface area contributed by atoms with Crippen LogP contribution < -0.4 is 10.6 Å². The van der Waals surface area contributed by atoms with E-state index in [1.54, 1.807) is 16.8 Å². The Bertz CT molecular complexity index is 586. The van der Waals surface area contributed by atoms with Crippen molar-refractivity contribution in [1.82, 2.24) is 20.4 Å². The summed E-state index contributed by atoms with van der Waals surface area (Å²) in [6, 6.07) is 4.45. The van der Waals surface area contributed by atoms with Gasteiger partial charge in [0.15, 0.2) is 0 Å². The molecule has 2 aromatic rings. The van der Waals surface area contributed by atoms with Crippen molar-refractivity contribution in [2.45, 2.75) is 18.9 Å². The van der Waals surface area contributed by atoms with Crippen LogP contribution in [0.4, 0.5) is 9.93 Å². The Balaban J connectivity index is 1.58. The first kappa shape index (κ1) is 15.4. The standard InChI is InChI=1S/C14H19N5OS2/c1-19-6-2-4-10(12(19)11-5-3-7-21-11)8-15-13(20)17-14-18-16-9-22-14/h3,5,7,9-10,12H,2,4,6,8H2,1H3,(H2,15,17,18,20)/t10-,12-/m1/s1. The van der Waals surface area contributed by atoms with Gasteiger partial charge in [-0.2, -0.15) is 0 Å². The summed E-state index contributed by atoms with van der Waals surface area (Å²) in [5.41, 5.74) is 1.60. The van der Waals surface area contributed by atoms with Crippen LogP contribution in [-0.4, -0.2) is 41.3 Å². The minimum Gasteiger partial charge on any atom is -0.337 e. The third-order valence-electron chi connectivity index (χ3n) is 3.95. The number of carbonyl (C=O) groups is 1. The zero-order chi connectivity index (χ0) is 15.4. The van der Waals surface area contributed by atoms with E-state index in [4.69, 9.17) is 0 Å². The number of hydrogen-bond acceptors (Lipinski definition) is 6. The third kappa shape index (κ3) is 3.63. The van der Waals surface area contributed by atoms with Gasteiger partial charge in [-0.1, -0.05) is 17.4 Å². The van der Waals surface area contributed by atoms with Gasteiger partial charge in [-0.3, -0.25) is 10.2 Å². The van der Waals surface area contributed by atoms with Crippen LogP contribution in [0.5, 0.6) is 0 Å². The maximum Gasteiger partial charge on any atom is 0.321 e. The van der Waals surface area contributed by atoms with E-state index in [2.05, 4.69) is 50.3 Å². The van der Waals surface area contributed by atoms with Gasteiger partial charge >= 0.3 is 6.03 Å².